The molecule has 6 heteroatoms. The number of H-pyrrole nitrogens is 1. The first-order valence-corrected chi connectivity index (χ1v) is 9.13. The highest BCUT2D eigenvalue weighted by Crippen LogP contribution is 2.30. The van der Waals surface area contributed by atoms with Crippen molar-refractivity contribution in [3.8, 4) is 17.3 Å². The molecule has 138 valence electrons. The molecule has 1 aliphatic rings. The summed E-state index contributed by atoms with van der Waals surface area (Å²) in [5, 5.41) is 0. The van der Waals surface area contributed by atoms with Crippen LogP contribution in [0.15, 0.2) is 55.0 Å². The van der Waals surface area contributed by atoms with Gasteiger partial charge in [-0.15, -0.1) is 0 Å². The Morgan fingerprint density at radius 3 is 2.56 bits per heavy atom. The summed E-state index contributed by atoms with van der Waals surface area (Å²) in [5.74, 6) is 2.08. The Morgan fingerprint density at radius 1 is 1.11 bits per heavy atom. The van der Waals surface area contributed by atoms with Gasteiger partial charge in [-0.1, -0.05) is 12.1 Å². The quantitative estimate of drug-likeness (QED) is 0.771. The standard InChI is InChI=1S/C21H22N4O2/c1-27-18-4-2-15(3-5-18)16-7-12-25(13-8-16)21(26)17-6-9-22-19(14-17)20-23-10-11-24-20/h2-6,9-11,14,16H,7-8,12-13H2,1H3,(H,23,24). The maximum Gasteiger partial charge on any atom is 0.253 e. The number of likely N-dealkylation sites (tertiary alicyclic amines) is 1. The number of methoxy groups -OCH3 is 1. The lowest BCUT2D eigenvalue weighted by atomic mass is 9.89. The second-order valence-electron chi connectivity index (χ2n) is 6.71. The van der Waals surface area contributed by atoms with Crippen molar-refractivity contribution in [2.24, 2.45) is 0 Å². The molecular weight excluding hydrogens is 340 g/mol. The third kappa shape index (κ3) is 3.69. The van der Waals surface area contributed by atoms with Crippen LogP contribution < -0.4 is 4.74 Å². The fourth-order valence-electron chi connectivity index (χ4n) is 3.57. The minimum absolute atomic E-state index is 0.0541. The van der Waals surface area contributed by atoms with E-state index in [0.29, 0.717) is 23.0 Å². The number of nitrogens with zero attached hydrogens (tertiary/aromatic N) is 3. The van der Waals surface area contributed by atoms with Crippen LogP contribution in [0.4, 0.5) is 0 Å². The average Bonchev–Trinajstić information content (AvgIpc) is 3.29. The summed E-state index contributed by atoms with van der Waals surface area (Å²) in [6.45, 7) is 1.52. The topological polar surface area (TPSA) is 71.1 Å². The molecule has 0 bridgehead atoms. The number of carbonyl (C=O) groups excluding carboxylic acids is 1. The number of pyridine rings is 1. The summed E-state index contributed by atoms with van der Waals surface area (Å²) in [4.78, 5) is 26.4. The number of benzene rings is 1. The fourth-order valence-corrected chi connectivity index (χ4v) is 3.57. The van der Waals surface area contributed by atoms with Crippen LogP contribution in [0.5, 0.6) is 5.75 Å². The summed E-state index contributed by atoms with van der Waals surface area (Å²) in [5.41, 5.74) is 2.64. The van der Waals surface area contributed by atoms with Gasteiger partial charge in [0.15, 0.2) is 5.82 Å². The molecule has 1 aromatic carbocycles. The van der Waals surface area contributed by atoms with E-state index in [0.717, 1.165) is 31.7 Å². The SMILES string of the molecule is COc1ccc(C2CCN(C(=O)c3ccnc(-c4ncc[nH]4)c3)CC2)cc1. The lowest BCUT2D eigenvalue weighted by Gasteiger charge is -2.32. The van der Waals surface area contributed by atoms with Crippen molar-refractivity contribution < 1.29 is 9.53 Å². The van der Waals surface area contributed by atoms with Crippen LogP contribution in [0.1, 0.15) is 34.7 Å². The first-order valence-electron chi connectivity index (χ1n) is 9.13. The zero-order valence-electron chi connectivity index (χ0n) is 15.3. The van der Waals surface area contributed by atoms with E-state index in [1.54, 1.807) is 37.8 Å². The third-order valence-electron chi connectivity index (χ3n) is 5.12. The van der Waals surface area contributed by atoms with Crippen molar-refractivity contribution in [1.29, 1.82) is 0 Å². The molecule has 0 saturated carbocycles. The summed E-state index contributed by atoms with van der Waals surface area (Å²) in [6, 6.07) is 11.8. The van der Waals surface area contributed by atoms with Gasteiger partial charge in [0.2, 0.25) is 0 Å². The van der Waals surface area contributed by atoms with Crippen LogP contribution >= 0.6 is 0 Å². The minimum Gasteiger partial charge on any atom is -0.497 e. The van der Waals surface area contributed by atoms with E-state index < -0.39 is 0 Å². The van der Waals surface area contributed by atoms with E-state index in [2.05, 4.69) is 27.1 Å². The molecule has 0 unspecified atom stereocenters. The van der Waals surface area contributed by atoms with Crippen molar-refractivity contribution in [2.75, 3.05) is 20.2 Å². The van der Waals surface area contributed by atoms with Crippen LogP contribution in [-0.2, 0) is 0 Å². The summed E-state index contributed by atoms with van der Waals surface area (Å²) < 4.78 is 5.23. The number of hydrogen-bond donors (Lipinski definition) is 1. The number of aromatic nitrogens is 3. The molecule has 1 saturated heterocycles. The van der Waals surface area contributed by atoms with Crippen molar-refractivity contribution in [3.63, 3.8) is 0 Å². The molecule has 6 nitrogen and oxygen atoms in total. The van der Waals surface area contributed by atoms with Gasteiger partial charge in [-0.3, -0.25) is 9.78 Å². The fraction of sp³-hybridized carbons (Fsp3) is 0.286. The second kappa shape index (κ2) is 7.61. The van der Waals surface area contributed by atoms with Crippen molar-refractivity contribution in [2.45, 2.75) is 18.8 Å². The van der Waals surface area contributed by atoms with Crippen LogP contribution in [0, 0.1) is 0 Å². The number of aromatic amines is 1. The molecular formula is C21H22N4O2. The van der Waals surface area contributed by atoms with E-state index in [9.17, 15) is 4.79 Å². The smallest absolute Gasteiger partial charge is 0.253 e. The van der Waals surface area contributed by atoms with E-state index in [4.69, 9.17) is 4.74 Å². The lowest BCUT2D eigenvalue weighted by Crippen LogP contribution is -2.37. The molecule has 1 amide bonds. The Labute approximate surface area is 158 Å². The Hall–Kier alpha value is -3.15. The number of piperidine rings is 1. The zero-order chi connectivity index (χ0) is 18.6. The third-order valence-corrected chi connectivity index (χ3v) is 5.12. The maximum atomic E-state index is 12.9. The Morgan fingerprint density at radius 2 is 1.89 bits per heavy atom. The van der Waals surface area contributed by atoms with Gasteiger partial charge in [0.25, 0.3) is 5.91 Å². The molecule has 1 aliphatic heterocycles. The van der Waals surface area contributed by atoms with E-state index in [1.165, 1.54) is 5.56 Å². The van der Waals surface area contributed by atoms with Gasteiger partial charge in [-0.2, -0.15) is 0 Å². The van der Waals surface area contributed by atoms with Crippen molar-refractivity contribution in [1.82, 2.24) is 19.9 Å². The van der Waals surface area contributed by atoms with Gasteiger partial charge < -0.3 is 14.6 Å². The molecule has 0 atom stereocenters. The average molecular weight is 362 g/mol. The van der Waals surface area contributed by atoms with Gasteiger partial charge in [0.1, 0.15) is 11.4 Å². The monoisotopic (exact) mass is 362 g/mol. The molecule has 2 aromatic heterocycles. The van der Waals surface area contributed by atoms with Crippen LogP contribution in [0.3, 0.4) is 0 Å². The molecule has 1 fully saturated rings. The summed E-state index contributed by atoms with van der Waals surface area (Å²) in [6.07, 6.45) is 7.02. The largest absolute Gasteiger partial charge is 0.497 e. The molecule has 3 aromatic rings. The number of nitrogens with one attached hydrogen (secondary N) is 1. The Kier molecular flexibility index (Phi) is 4.87. The molecule has 0 radical (unpaired) electrons. The predicted octanol–water partition coefficient (Wildman–Crippen LogP) is 3.50. The van der Waals surface area contributed by atoms with Crippen LogP contribution in [0.25, 0.3) is 11.5 Å². The van der Waals surface area contributed by atoms with Gasteiger partial charge in [0, 0.05) is 37.2 Å². The number of amides is 1. The highest BCUT2D eigenvalue weighted by molar-refractivity contribution is 5.95. The minimum atomic E-state index is 0.0541. The first-order chi connectivity index (χ1) is 13.2. The number of ether oxygens (including phenoxy) is 1. The molecule has 4 rings (SSSR count). The van der Waals surface area contributed by atoms with E-state index in [-0.39, 0.29) is 5.91 Å². The summed E-state index contributed by atoms with van der Waals surface area (Å²) in [7, 11) is 1.68. The number of rotatable bonds is 4. The maximum absolute atomic E-state index is 12.9. The Balaban J connectivity index is 1.42. The zero-order valence-corrected chi connectivity index (χ0v) is 15.3. The van der Waals surface area contributed by atoms with Gasteiger partial charge in [0.05, 0.1) is 7.11 Å². The van der Waals surface area contributed by atoms with E-state index in [1.807, 2.05) is 17.0 Å². The number of imidazole rings is 1. The van der Waals surface area contributed by atoms with Gasteiger partial charge in [-0.25, -0.2) is 4.98 Å². The molecule has 0 spiro atoms. The lowest BCUT2D eigenvalue weighted by molar-refractivity contribution is 0.0713. The second-order valence-corrected chi connectivity index (χ2v) is 6.71. The first kappa shape index (κ1) is 17.3. The van der Waals surface area contributed by atoms with Crippen molar-refractivity contribution >= 4 is 5.91 Å². The molecule has 1 N–H and O–H groups in total. The molecule has 27 heavy (non-hydrogen) atoms. The van der Waals surface area contributed by atoms with Gasteiger partial charge >= 0.3 is 0 Å². The normalized spacial score (nSPS) is 14.9. The van der Waals surface area contributed by atoms with Gasteiger partial charge in [-0.05, 0) is 48.6 Å². The number of hydrogen-bond acceptors (Lipinski definition) is 4. The summed E-state index contributed by atoms with van der Waals surface area (Å²) >= 11 is 0. The van der Waals surface area contributed by atoms with Crippen LogP contribution in [0.2, 0.25) is 0 Å². The van der Waals surface area contributed by atoms with Crippen LogP contribution in [-0.4, -0.2) is 46.0 Å². The van der Waals surface area contributed by atoms with E-state index >= 15 is 0 Å². The molecule has 3 heterocycles. The number of carbonyl (C=O) groups is 1. The predicted molar refractivity (Wildman–Crippen MR) is 103 cm³/mol. The Bertz CT molecular complexity index is 898. The molecule has 0 aliphatic carbocycles. The highest BCUT2D eigenvalue weighted by atomic mass is 16.5. The van der Waals surface area contributed by atoms with Crippen molar-refractivity contribution in [3.05, 3.63) is 66.1 Å². The highest BCUT2D eigenvalue weighted by Gasteiger charge is 2.25.